The van der Waals surface area contributed by atoms with Gasteiger partial charge < -0.3 is 5.32 Å². The second-order valence-electron chi connectivity index (χ2n) is 8.00. The number of rotatable bonds is 6. The van der Waals surface area contributed by atoms with Crippen molar-refractivity contribution in [1.29, 1.82) is 5.26 Å². The van der Waals surface area contributed by atoms with Crippen LogP contribution in [0.5, 0.6) is 0 Å². The van der Waals surface area contributed by atoms with Crippen LogP contribution in [0.2, 0.25) is 0 Å². The van der Waals surface area contributed by atoms with Crippen LogP contribution in [0.3, 0.4) is 0 Å². The molecule has 0 bridgehead atoms. The number of anilines is 2. The van der Waals surface area contributed by atoms with Gasteiger partial charge in [-0.1, -0.05) is 12.1 Å². The maximum absolute atomic E-state index is 9.02. The fourth-order valence-corrected chi connectivity index (χ4v) is 3.69. The molecule has 10 nitrogen and oxygen atoms in total. The minimum absolute atomic E-state index is 0.132. The smallest absolute Gasteiger partial charge is 0.205 e. The summed E-state index contributed by atoms with van der Waals surface area (Å²) in [6.07, 6.45) is 3.47. The molecular weight excluding hydrogens is 392 g/mol. The monoisotopic (exact) mass is 414 g/mol. The Bertz CT molecular complexity index is 1260. The summed E-state index contributed by atoms with van der Waals surface area (Å²) in [5.74, 6) is 1.44. The lowest BCUT2D eigenvalue weighted by Gasteiger charge is -2.35. The topological polar surface area (TPSA) is 113 Å². The highest BCUT2D eigenvalue weighted by Crippen LogP contribution is 2.27. The number of hydrogen-bond acceptors (Lipinski definition) is 8. The van der Waals surface area contributed by atoms with E-state index in [2.05, 4.69) is 47.8 Å². The molecule has 0 unspecified atom stereocenters. The van der Waals surface area contributed by atoms with Crippen LogP contribution in [0.15, 0.2) is 42.9 Å². The Hall–Kier alpha value is -3.84. The number of nitriles is 1. The average Bonchev–Trinajstić information content (AvgIpc) is 3.39. The minimum atomic E-state index is 0.132. The number of hydrogen-bond donors (Lipinski definition) is 1. The van der Waals surface area contributed by atoms with Crippen LogP contribution in [0, 0.1) is 17.2 Å². The van der Waals surface area contributed by atoms with E-state index in [1.165, 1.54) is 6.33 Å². The van der Waals surface area contributed by atoms with Crippen LogP contribution in [0.1, 0.15) is 25.5 Å². The van der Waals surface area contributed by atoms with E-state index < -0.39 is 0 Å². The second kappa shape index (κ2) is 7.77. The molecule has 0 amide bonds. The zero-order chi connectivity index (χ0) is 21.4. The van der Waals surface area contributed by atoms with E-state index in [0.717, 1.165) is 47.8 Å². The molecule has 1 fully saturated rings. The van der Waals surface area contributed by atoms with Gasteiger partial charge in [-0.3, -0.25) is 4.90 Å². The summed E-state index contributed by atoms with van der Waals surface area (Å²) < 4.78 is 1.83. The highest BCUT2D eigenvalue weighted by molar-refractivity contribution is 5.77. The molecule has 0 spiro atoms. The number of nitrogens with zero attached hydrogens (tertiary/aromatic N) is 9. The van der Waals surface area contributed by atoms with Crippen molar-refractivity contribution in [3.05, 3.63) is 48.4 Å². The third kappa shape index (κ3) is 3.71. The van der Waals surface area contributed by atoms with Crippen molar-refractivity contribution in [2.45, 2.75) is 26.4 Å². The molecule has 0 aliphatic carbocycles. The maximum atomic E-state index is 9.02. The van der Waals surface area contributed by atoms with Gasteiger partial charge in [0, 0.05) is 37.1 Å². The molecule has 10 heteroatoms. The van der Waals surface area contributed by atoms with E-state index in [0.29, 0.717) is 5.82 Å². The van der Waals surface area contributed by atoms with Gasteiger partial charge in [0.25, 0.3) is 0 Å². The van der Waals surface area contributed by atoms with Gasteiger partial charge in [-0.25, -0.2) is 9.50 Å². The first-order chi connectivity index (χ1) is 15.1. The molecule has 1 aliphatic heterocycles. The van der Waals surface area contributed by atoms with E-state index in [-0.39, 0.29) is 12.0 Å². The first-order valence-electron chi connectivity index (χ1n) is 10.2. The Balaban J connectivity index is 1.41. The Morgan fingerprint density at radius 3 is 2.90 bits per heavy atom. The van der Waals surface area contributed by atoms with E-state index in [1.54, 1.807) is 4.80 Å². The quantitative estimate of drug-likeness (QED) is 0.512. The van der Waals surface area contributed by atoms with Crippen molar-refractivity contribution < 1.29 is 0 Å². The third-order valence-corrected chi connectivity index (χ3v) is 5.34. The molecular formula is C21H22N10. The number of likely N-dealkylation sites (tertiary alicyclic amines) is 1. The minimum Gasteiger partial charge on any atom is -0.338 e. The molecule has 0 atom stereocenters. The maximum Gasteiger partial charge on any atom is 0.205 e. The first kappa shape index (κ1) is 19.1. The predicted molar refractivity (Wildman–Crippen MR) is 114 cm³/mol. The summed E-state index contributed by atoms with van der Waals surface area (Å²) in [6, 6.07) is 12.4. The van der Waals surface area contributed by atoms with Gasteiger partial charge in [0.2, 0.25) is 5.82 Å². The molecule has 4 heterocycles. The van der Waals surface area contributed by atoms with Crippen LogP contribution >= 0.6 is 0 Å². The van der Waals surface area contributed by atoms with Gasteiger partial charge in [0.15, 0.2) is 5.82 Å². The van der Waals surface area contributed by atoms with Crippen LogP contribution in [0.25, 0.3) is 16.9 Å². The third-order valence-electron chi connectivity index (χ3n) is 5.34. The van der Waals surface area contributed by atoms with E-state index in [4.69, 9.17) is 5.26 Å². The lowest BCUT2D eigenvalue weighted by Crippen LogP contribution is -2.45. The number of tetrazole rings is 1. The zero-order valence-electron chi connectivity index (χ0n) is 17.3. The fourth-order valence-electron chi connectivity index (χ4n) is 3.69. The summed E-state index contributed by atoms with van der Waals surface area (Å²) >= 11 is 0. The summed E-state index contributed by atoms with van der Waals surface area (Å²) in [7, 11) is 0. The molecule has 0 radical (unpaired) electrons. The highest BCUT2D eigenvalue weighted by atomic mass is 15.6. The predicted octanol–water partition coefficient (Wildman–Crippen LogP) is 2.66. The molecule has 0 saturated carbocycles. The Morgan fingerprint density at radius 2 is 2.13 bits per heavy atom. The van der Waals surface area contributed by atoms with Gasteiger partial charge >= 0.3 is 0 Å². The van der Waals surface area contributed by atoms with Gasteiger partial charge in [0.1, 0.15) is 11.8 Å². The number of benzene rings is 1. The van der Waals surface area contributed by atoms with Crippen molar-refractivity contribution in [2.75, 3.05) is 18.4 Å². The molecule has 1 N–H and O–H groups in total. The fraction of sp³-hybridized carbons (Fsp3) is 0.333. The highest BCUT2D eigenvalue weighted by Gasteiger charge is 2.27. The Labute approximate surface area is 179 Å². The Morgan fingerprint density at radius 1 is 1.26 bits per heavy atom. The lowest BCUT2D eigenvalue weighted by molar-refractivity contribution is 0.127. The average molecular weight is 414 g/mol. The molecule has 5 rings (SSSR count). The molecule has 4 aromatic rings. The van der Waals surface area contributed by atoms with Crippen LogP contribution in [0.4, 0.5) is 11.5 Å². The number of fused-ring (bicyclic) bond motifs is 1. The summed E-state index contributed by atoms with van der Waals surface area (Å²) in [4.78, 5) is 8.34. The lowest BCUT2D eigenvalue weighted by atomic mass is 10.0. The molecule has 1 aromatic carbocycles. The van der Waals surface area contributed by atoms with Crippen LogP contribution in [-0.4, -0.2) is 52.8 Å². The molecule has 31 heavy (non-hydrogen) atoms. The largest absolute Gasteiger partial charge is 0.338 e. The SMILES string of the molecule is CC(C)n1nnc(-c2cccc(Nc3ncnn4ccc(CN5CC(C#N)C5)c34)c2)n1. The van der Waals surface area contributed by atoms with Gasteiger partial charge in [-0.05, 0) is 42.8 Å². The van der Waals surface area contributed by atoms with Crippen molar-refractivity contribution in [2.24, 2.45) is 5.92 Å². The zero-order valence-corrected chi connectivity index (χ0v) is 17.3. The number of nitrogens with one attached hydrogen (secondary N) is 1. The summed E-state index contributed by atoms with van der Waals surface area (Å²) in [6.45, 7) is 6.39. The van der Waals surface area contributed by atoms with Gasteiger partial charge in [-0.2, -0.15) is 15.2 Å². The molecule has 1 aliphatic rings. The van der Waals surface area contributed by atoms with Crippen molar-refractivity contribution in [3.8, 4) is 17.5 Å². The van der Waals surface area contributed by atoms with Crippen molar-refractivity contribution in [3.63, 3.8) is 0 Å². The molecule has 3 aromatic heterocycles. The summed E-state index contributed by atoms with van der Waals surface area (Å²) in [5.41, 5.74) is 3.80. The van der Waals surface area contributed by atoms with Crippen molar-refractivity contribution in [1.82, 2.24) is 39.7 Å². The van der Waals surface area contributed by atoms with Crippen molar-refractivity contribution >= 4 is 17.0 Å². The first-order valence-corrected chi connectivity index (χ1v) is 10.2. The van der Waals surface area contributed by atoms with Gasteiger partial charge in [-0.15, -0.1) is 10.2 Å². The van der Waals surface area contributed by atoms with Crippen LogP contribution < -0.4 is 5.32 Å². The molecule has 1 saturated heterocycles. The molecule has 156 valence electrons. The van der Waals surface area contributed by atoms with Crippen LogP contribution in [-0.2, 0) is 6.54 Å². The van der Waals surface area contributed by atoms with E-state index in [9.17, 15) is 0 Å². The summed E-state index contributed by atoms with van der Waals surface area (Å²) in [5, 5.41) is 29.5. The normalized spacial score (nSPS) is 14.6. The second-order valence-corrected chi connectivity index (χ2v) is 8.00. The Kier molecular flexibility index (Phi) is 4.80. The van der Waals surface area contributed by atoms with E-state index >= 15 is 0 Å². The number of aromatic nitrogens is 7. The van der Waals surface area contributed by atoms with Gasteiger partial charge in [0.05, 0.1) is 18.0 Å². The van der Waals surface area contributed by atoms with E-state index in [1.807, 2.05) is 48.8 Å². The standard InChI is InChI=1S/C21H22N10/c1-14(2)31-27-20(26-28-31)16-4-3-5-18(8-16)25-21-19-17(6-7-30(19)24-13-23-21)12-29-10-15(9-22)11-29/h3-8,13-15H,10-12H2,1-2H3,(H,23,24,25).